The first-order chi connectivity index (χ1) is 14.4. The van der Waals surface area contributed by atoms with Gasteiger partial charge in [0.05, 0.1) is 17.3 Å². The molecule has 1 aromatic carbocycles. The molecule has 0 aliphatic carbocycles. The quantitative estimate of drug-likeness (QED) is 0.446. The number of carbonyl (C=O) groups excluding carboxylic acids is 1. The Labute approximate surface area is 183 Å². The van der Waals surface area contributed by atoms with Crippen LogP contribution >= 0.6 is 23.4 Å². The second-order valence-electron chi connectivity index (χ2n) is 7.30. The fraction of sp³-hybridized carbons (Fsp3) is 0.333. The summed E-state index contributed by atoms with van der Waals surface area (Å²) in [5.74, 6) is 1.22. The molecule has 3 heterocycles. The number of fused-ring (bicyclic) bond motifs is 1. The van der Waals surface area contributed by atoms with Crippen LogP contribution in [0.5, 0.6) is 5.75 Å². The normalized spacial score (nSPS) is 15.2. The maximum atomic E-state index is 12.3. The monoisotopic (exact) mass is 444 g/mol. The Hall–Kier alpha value is -2.58. The molecule has 0 spiro atoms. The van der Waals surface area contributed by atoms with E-state index in [1.807, 2.05) is 38.3 Å². The zero-order chi connectivity index (χ0) is 21.3. The molecule has 1 aliphatic rings. The smallest absolute Gasteiger partial charge is 0.273 e. The second-order valence-corrected chi connectivity index (χ2v) is 8.48. The van der Waals surface area contributed by atoms with E-state index in [9.17, 15) is 4.79 Å². The number of aromatic nitrogens is 3. The van der Waals surface area contributed by atoms with Gasteiger partial charge in [0.2, 0.25) is 0 Å². The third-order valence-electron chi connectivity index (χ3n) is 4.78. The van der Waals surface area contributed by atoms with Gasteiger partial charge in [-0.25, -0.2) is 9.97 Å². The lowest BCUT2D eigenvalue weighted by molar-refractivity contribution is 0.0924. The van der Waals surface area contributed by atoms with Gasteiger partial charge in [-0.1, -0.05) is 42.4 Å². The molecular formula is C21H21ClN4O3S. The van der Waals surface area contributed by atoms with Crippen LogP contribution in [0.3, 0.4) is 0 Å². The summed E-state index contributed by atoms with van der Waals surface area (Å²) in [4.78, 5) is 21.1. The maximum absolute atomic E-state index is 12.3. The Morgan fingerprint density at radius 3 is 2.93 bits per heavy atom. The molecule has 0 radical (unpaired) electrons. The minimum Gasteiger partial charge on any atom is -0.486 e. The fourth-order valence-corrected chi connectivity index (χ4v) is 3.85. The first-order valence-electron chi connectivity index (χ1n) is 9.56. The highest BCUT2D eigenvalue weighted by Gasteiger charge is 2.27. The standard InChI is InChI=1S/C21H21ClN4O3S/c1-11(2)18-9-17(26-29-18)20(27)24-10-14-7-13-6-12(8-15(22)19(13)28-14)16-4-5-23-21(25-16)30-3/h4-6,8-9,11,14H,7,10H2,1-3H3,(H,24,27)/t14-/m1/s1. The van der Waals surface area contributed by atoms with Gasteiger partial charge >= 0.3 is 0 Å². The topological polar surface area (TPSA) is 90.1 Å². The Morgan fingerprint density at radius 2 is 2.20 bits per heavy atom. The minimum atomic E-state index is -0.289. The van der Waals surface area contributed by atoms with E-state index >= 15 is 0 Å². The molecule has 9 heteroatoms. The van der Waals surface area contributed by atoms with Gasteiger partial charge in [0.15, 0.2) is 10.9 Å². The van der Waals surface area contributed by atoms with Gasteiger partial charge in [-0.05, 0) is 24.5 Å². The second kappa shape index (κ2) is 8.65. The molecule has 0 bridgehead atoms. The van der Waals surface area contributed by atoms with Crippen LogP contribution in [-0.4, -0.2) is 39.9 Å². The first-order valence-corrected chi connectivity index (χ1v) is 11.2. The lowest BCUT2D eigenvalue weighted by Gasteiger charge is -2.11. The van der Waals surface area contributed by atoms with Crippen molar-refractivity contribution in [1.29, 1.82) is 0 Å². The van der Waals surface area contributed by atoms with Crippen LogP contribution < -0.4 is 10.1 Å². The van der Waals surface area contributed by atoms with Crippen molar-refractivity contribution in [3.63, 3.8) is 0 Å². The van der Waals surface area contributed by atoms with Crippen molar-refractivity contribution in [2.45, 2.75) is 37.4 Å². The van der Waals surface area contributed by atoms with Gasteiger partial charge in [-0.15, -0.1) is 0 Å². The molecule has 0 saturated heterocycles. The van der Waals surface area contributed by atoms with Gasteiger partial charge in [-0.2, -0.15) is 0 Å². The Bertz CT molecular complexity index is 1090. The lowest BCUT2D eigenvalue weighted by Crippen LogP contribution is -2.34. The highest BCUT2D eigenvalue weighted by molar-refractivity contribution is 7.98. The first kappa shape index (κ1) is 20.7. The number of hydrogen-bond acceptors (Lipinski definition) is 7. The summed E-state index contributed by atoms with van der Waals surface area (Å²) in [5, 5.41) is 7.92. The number of halogens is 1. The third kappa shape index (κ3) is 4.29. The zero-order valence-electron chi connectivity index (χ0n) is 16.8. The van der Waals surface area contributed by atoms with Crippen LogP contribution in [0.15, 0.2) is 40.1 Å². The molecule has 3 aromatic rings. The maximum Gasteiger partial charge on any atom is 0.273 e. The third-order valence-corrected chi connectivity index (χ3v) is 5.63. The summed E-state index contributed by atoms with van der Waals surface area (Å²) in [6, 6.07) is 7.39. The number of hydrogen-bond donors (Lipinski definition) is 1. The number of carbonyl (C=O) groups is 1. The molecule has 4 rings (SSSR count). The Balaban J connectivity index is 1.44. The Kier molecular flexibility index (Phi) is 5.97. The van der Waals surface area contributed by atoms with Gasteiger partial charge in [0.1, 0.15) is 17.6 Å². The van der Waals surface area contributed by atoms with E-state index < -0.39 is 0 Å². The number of rotatable bonds is 6. The van der Waals surface area contributed by atoms with Crippen molar-refractivity contribution < 1.29 is 14.1 Å². The van der Waals surface area contributed by atoms with Gasteiger partial charge < -0.3 is 14.6 Å². The van der Waals surface area contributed by atoms with Crippen molar-refractivity contribution >= 4 is 29.3 Å². The highest BCUT2D eigenvalue weighted by atomic mass is 35.5. The zero-order valence-corrected chi connectivity index (χ0v) is 18.4. The van der Waals surface area contributed by atoms with Crippen molar-refractivity contribution in [2.75, 3.05) is 12.8 Å². The van der Waals surface area contributed by atoms with Crippen LogP contribution in [0.1, 0.15) is 41.6 Å². The largest absolute Gasteiger partial charge is 0.486 e. The van der Waals surface area contributed by atoms with Gasteiger partial charge in [-0.3, -0.25) is 4.79 Å². The van der Waals surface area contributed by atoms with E-state index in [1.165, 1.54) is 11.8 Å². The molecule has 1 amide bonds. The van der Waals surface area contributed by atoms with Crippen LogP contribution in [0.4, 0.5) is 0 Å². The van der Waals surface area contributed by atoms with Gasteiger partial charge in [0, 0.05) is 35.7 Å². The Morgan fingerprint density at radius 1 is 1.37 bits per heavy atom. The van der Waals surface area contributed by atoms with Crippen LogP contribution in [0, 0.1) is 0 Å². The number of amides is 1. The van der Waals surface area contributed by atoms with Crippen molar-refractivity contribution in [2.24, 2.45) is 0 Å². The summed E-state index contributed by atoms with van der Waals surface area (Å²) in [5.41, 5.74) is 2.98. The highest BCUT2D eigenvalue weighted by Crippen LogP contribution is 2.39. The van der Waals surface area contributed by atoms with E-state index in [-0.39, 0.29) is 23.6 Å². The number of thioether (sulfide) groups is 1. The predicted molar refractivity (Wildman–Crippen MR) is 115 cm³/mol. The molecule has 1 aliphatic heterocycles. The summed E-state index contributed by atoms with van der Waals surface area (Å²) in [7, 11) is 0. The van der Waals surface area contributed by atoms with Crippen molar-refractivity contribution in [1.82, 2.24) is 20.4 Å². The van der Waals surface area contributed by atoms with E-state index in [2.05, 4.69) is 20.4 Å². The van der Waals surface area contributed by atoms with E-state index in [4.69, 9.17) is 20.9 Å². The summed E-state index contributed by atoms with van der Waals surface area (Å²) >= 11 is 7.96. The molecule has 0 unspecified atom stereocenters. The summed E-state index contributed by atoms with van der Waals surface area (Å²) in [6.45, 7) is 4.30. The van der Waals surface area contributed by atoms with Crippen LogP contribution in [0.2, 0.25) is 5.02 Å². The van der Waals surface area contributed by atoms with Gasteiger partial charge in [0.25, 0.3) is 5.91 Å². The molecule has 1 N–H and O–H groups in total. The average Bonchev–Trinajstić information content (AvgIpc) is 3.39. The molecule has 1 atom stereocenters. The molecule has 30 heavy (non-hydrogen) atoms. The van der Waals surface area contributed by atoms with E-state index in [0.717, 1.165) is 16.8 Å². The molecular weight excluding hydrogens is 424 g/mol. The average molecular weight is 445 g/mol. The molecule has 7 nitrogen and oxygen atoms in total. The molecule has 0 saturated carbocycles. The van der Waals surface area contributed by atoms with Crippen molar-refractivity contribution in [3.8, 4) is 17.0 Å². The molecule has 0 fully saturated rings. The molecule has 2 aromatic heterocycles. The number of nitrogens with zero attached hydrogens (tertiary/aromatic N) is 3. The van der Waals surface area contributed by atoms with E-state index in [1.54, 1.807) is 12.3 Å². The van der Waals surface area contributed by atoms with Crippen LogP contribution in [-0.2, 0) is 6.42 Å². The minimum absolute atomic E-state index is 0.171. The molecule has 156 valence electrons. The van der Waals surface area contributed by atoms with E-state index in [0.29, 0.717) is 34.7 Å². The number of nitrogens with one attached hydrogen (secondary N) is 1. The summed E-state index contributed by atoms with van der Waals surface area (Å²) < 4.78 is 11.2. The fourth-order valence-electron chi connectivity index (χ4n) is 3.21. The lowest BCUT2D eigenvalue weighted by atomic mass is 10.0. The number of ether oxygens (including phenoxy) is 1. The number of benzene rings is 1. The summed E-state index contributed by atoms with van der Waals surface area (Å²) in [6.07, 6.45) is 4.10. The van der Waals surface area contributed by atoms with Crippen LogP contribution in [0.25, 0.3) is 11.3 Å². The predicted octanol–water partition coefficient (Wildman–Crippen LogP) is 4.36. The SMILES string of the molecule is CSc1nccc(-c2cc(Cl)c3c(c2)C[C@H](CNC(=O)c2cc(C(C)C)on2)O3)n1. The van der Waals surface area contributed by atoms with Crippen molar-refractivity contribution in [3.05, 3.63) is 52.5 Å².